The molecule has 0 aliphatic carbocycles. The monoisotopic (exact) mass is 437 g/mol. The number of aromatic nitrogens is 3. The predicted octanol–water partition coefficient (Wildman–Crippen LogP) is 2.77. The summed E-state index contributed by atoms with van der Waals surface area (Å²) in [7, 11) is 0. The van der Waals surface area contributed by atoms with Crippen LogP contribution in [0.5, 0.6) is 0 Å². The normalized spacial score (nSPS) is 17.9. The molecular weight excluding hydrogens is 414 g/mol. The molecule has 2 aliphatic heterocycles. The molecule has 1 fully saturated rings. The van der Waals surface area contributed by atoms with Crippen LogP contribution in [0.1, 0.15) is 5.56 Å². The summed E-state index contributed by atoms with van der Waals surface area (Å²) in [5.74, 6) is 1.48. The van der Waals surface area contributed by atoms with Gasteiger partial charge in [0.05, 0.1) is 38.0 Å². The average Bonchev–Trinajstić information content (AvgIpc) is 3.56. The number of benzene rings is 1. The van der Waals surface area contributed by atoms with E-state index in [0.717, 1.165) is 5.56 Å². The highest BCUT2D eigenvalue weighted by molar-refractivity contribution is 5.69. The van der Waals surface area contributed by atoms with Crippen molar-refractivity contribution in [1.29, 1.82) is 0 Å². The maximum Gasteiger partial charge on any atom is 0.325 e. The summed E-state index contributed by atoms with van der Waals surface area (Å²) in [6.45, 7) is 2.95. The molecule has 3 aromatic rings. The molecule has 0 spiro atoms. The molecule has 1 aromatic carbocycles. The minimum Gasteiger partial charge on any atom is -0.459 e. The maximum absolute atomic E-state index is 6.04. The lowest BCUT2D eigenvalue weighted by Crippen LogP contribution is -2.34. The SMILES string of the molecule is C1=C(N(Cc2ccccc2)c2nnc(-c3cccnc3NCC3COCCO3)o2)OCO1. The average molecular weight is 437 g/mol. The Morgan fingerprint density at radius 2 is 2.00 bits per heavy atom. The fraction of sp³-hybridized carbons (Fsp3) is 0.318. The van der Waals surface area contributed by atoms with Gasteiger partial charge in [0, 0.05) is 12.7 Å². The second-order valence-corrected chi connectivity index (χ2v) is 7.19. The standard InChI is InChI=1S/C22H23N5O5/c1-2-5-16(6-3-1)12-27(19-14-29-15-31-19)22-26-25-21(32-22)18-7-4-8-23-20(18)24-11-17-13-28-9-10-30-17/h1-8,14,17H,9-13,15H2,(H,23,24). The van der Waals surface area contributed by atoms with Gasteiger partial charge in [0.15, 0.2) is 0 Å². The lowest BCUT2D eigenvalue weighted by atomic mass is 10.2. The molecule has 10 heteroatoms. The van der Waals surface area contributed by atoms with Crippen LogP contribution in [0.2, 0.25) is 0 Å². The highest BCUT2D eigenvalue weighted by atomic mass is 16.7. The molecule has 10 nitrogen and oxygen atoms in total. The Labute approximate surface area is 184 Å². The van der Waals surface area contributed by atoms with Crippen LogP contribution in [0.3, 0.4) is 0 Å². The van der Waals surface area contributed by atoms with Crippen LogP contribution in [0.4, 0.5) is 11.8 Å². The van der Waals surface area contributed by atoms with Gasteiger partial charge in [-0.3, -0.25) is 4.90 Å². The van der Waals surface area contributed by atoms with E-state index < -0.39 is 0 Å². The van der Waals surface area contributed by atoms with Gasteiger partial charge in [0.25, 0.3) is 5.89 Å². The summed E-state index contributed by atoms with van der Waals surface area (Å²) < 4.78 is 28.0. The molecule has 0 saturated carbocycles. The maximum atomic E-state index is 6.04. The summed E-state index contributed by atoms with van der Waals surface area (Å²) in [5.41, 5.74) is 1.75. The van der Waals surface area contributed by atoms with Gasteiger partial charge < -0.3 is 28.7 Å². The first-order chi connectivity index (χ1) is 15.9. The van der Waals surface area contributed by atoms with Crippen LogP contribution in [-0.2, 0) is 25.5 Å². The second-order valence-electron chi connectivity index (χ2n) is 7.19. The van der Waals surface area contributed by atoms with Crippen LogP contribution in [0, 0.1) is 0 Å². The minimum atomic E-state index is -0.0373. The molecule has 0 radical (unpaired) electrons. The minimum absolute atomic E-state index is 0.0373. The molecule has 32 heavy (non-hydrogen) atoms. The molecule has 1 unspecified atom stereocenters. The Morgan fingerprint density at radius 3 is 2.81 bits per heavy atom. The Balaban J connectivity index is 1.37. The number of pyridine rings is 1. The van der Waals surface area contributed by atoms with Gasteiger partial charge in [0.1, 0.15) is 12.1 Å². The number of ether oxygens (including phenoxy) is 4. The highest BCUT2D eigenvalue weighted by Gasteiger charge is 2.25. The third-order valence-corrected chi connectivity index (χ3v) is 4.97. The Morgan fingerprint density at radius 1 is 1.06 bits per heavy atom. The molecule has 0 bridgehead atoms. The van der Waals surface area contributed by atoms with Crippen LogP contribution < -0.4 is 10.2 Å². The molecule has 5 rings (SSSR count). The number of nitrogens with one attached hydrogen (secondary N) is 1. The van der Waals surface area contributed by atoms with Gasteiger partial charge in [-0.25, -0.2) is 4.98 Å². The van der Waals surface area contributed by atoms with E-state index in [2.05, 4.69) is 20.5 Å². The van der Waals surface area contributed by atoms with Gasteiger partial charge in [-0.15, -0.1) is 5.10 Å². The first kappa shape index (κ1) is 20.3. The van der Waals surface area contributed by atoms with E-state index in [9.17, 15) is 0 Å². The quantitative estimate of drug-likeness (QED) is 0.566. The Kier molecular flexibility index (Phi) is 6.13. The summed E-state index contributed by atoms with van der Waals surface area (Å²) in [6.07, 6.45) is 3.21. The van der Waals surface area contributed by atoms with E-state index in [-0.39, 0.29) is 12.9 Å². The van der Waals surface area contributed by atoms with Crippen molar-refractivity contribution in [2.24, 2.45) is 0 Å². The lowest BCUT2D eigenvalue weighted by Gasteiger charge is -2.23. The first-order valence-electron chi connectivity index (χ1n) is 10.3. The molecule has 1 N–H and O–H groups in total. The number of rotatable bonds is 8. The van der Waals surface area contributed by atoms with Gasteiger partial charge in [-0.1, -0.05) is 35.4 Å². The van der Waals surface area contributed by atoms with Crippen molar-refractivity contribution in [3.63, 3.8) is 0 Å². The van der Waals surface area contributed by atoms with E-state index in [1.165, 1.54) is 6.26 Å². The van der Waals surface area contributed by atoms with Gasteiger partial charge in [-0.2, -0.15) is 0 Å². The van der Waals surface area contributed by atoms with E-state index in [0.29, 0.717) is 62.1 Å². The fourth-order valence-electron chi connectivity index (χ4n) is 3.40. The van der Waals surface area contributed by atoms with Crippen LogP contribution in [-0.4, -0.2) is 54.4 Å². The zero-order valence-electron chi connectivity index (χ0n) is 17.3. The molecule has 4 heterocycles. The molecule has 2 aromatic heterocycles. The third kappa shape index (κ3) is 4.66. The zero-order valence-corrected chi connectivity index (χ0v) is 17.3. The van der Waals surface area contributed by atoms with Crippen LogP contribution in [0.25, 0.3) is 11.5 Å². The van der Waals surface area contributed by atoms with Crippen molar-refractivity contribution in [1.82, 2.24) is 15.2 Å². The summed E-state index contributed by atoms with van der Waals surface area (Å²) in [4.78, 5) is 6.21. The van der Waals surface area contributed by atoms with E-state index in [1.807, 2.05) is 42.5 Å². The van der Waals surface area contributed by atoms with Crippen molar-refractivity contribution in [3.8, 4) is 11.5 Å². The molecule has 0 amide bonds. The topological polar surface area (TPSA) is 104 Å². The number of nitrogens with zero attached hydrogens (tertiary/aromatic N) is 4. The van der Waals surface area contributed by atoms with Crippen molar-refractivity contribution < 1.29 is 23.4 Å². The number of anilines is 2. The summed E-state index contributed by atoms with van der Waals surface area (Å²) in [6, 6.07) is 13.9. The van der Waals surface area contributed by atoms with Crippen LogP contribution >= 0.6 is 0 Å². The third-order valence-electron chi connectivity index (χ3n) is 4.97. The Hall–Kier alpha value is -3.63. The molecule has 166 valence electrons. The molecule has 1 saturated heterocycles. The van der Waals surface area contributed by atoms with Crippen molar-refractivity contribution >= 4 is 11.8 Å². The Bertz CT molecular complexity index is 1050. The van der Waals surface area contributed by atoms with Gasteiger partial charge >= 0.3 is 6.01 Å². The predicted molar refractivity (Wildman–Crippen MR) is 114 cm³/mol. The highest BCUT2D eigenvalue weighted by Crippen LogP contribution is 2.30. The molecule has 2 aliphatic rings. The summed E-state index contributed by atoms with van der Waals surface area (Å²) in [5, 5.41) is 11.8. The molecular formula is C22H23N5O5. The lowest BCUT2D eigenvalue weighted by molar-refractivity contribution is -0.0819. The van der Waals surface area contributed by atoms with E-state index >= 15 is 0 Å². The number of hydrogen-bond acceptors (Lipinski definition) is 10. The first-order valence-corrected chi connectivity index (χ1v) is 10.3. The van der Waals surface area contributed by atoms with Gasteiger partial charge in [0.2, 0.25) is 12.7 Å². The van der Waals surface area contributed by atoms with Crippen LogP contribution in [0.15, 0.2) is 65.2 Å². The largest absolute Gasteiger partial charge is 0.459 e. The molecule has 1 atom stereocenters. The van der Waals surface area contributed by atoms with E-state index in [4.69, 9.17) is 23.4 Å². The fourth-order valence-corrected chi connectivity index (χ4v) is 3.40. The summed E-state index contributed by atoms with van der Waals surface area (Å²) >= 11 is 0. The van der Waals surface area contributed by atoms with Crippen molar-refractivity contribution in [2.75, 3.05) is 43.4 Å². The second kappa shape index (κ2) is 9.67. The smallest absolute Gasteiger partial charge is 0.325 e. The van der Waals surface area contributed by atoms with E-state index in [1.54, 1.807) is 11.1 Å². The zero-order chi connectivity index (χ0) is 21.6. The van der Waals surface area contributed by atoms with Gasteiger partial charge in [-0.05, 0) is 17.7 Å². The van der Waals surface area contributed by atoms with Crippen molar-refractivity contribution in [2.45, 2.75) is 12.6 Å². The van der Waals surface area contributed by atoms with Crippen molar-refractivity contribution in [3.05, 3.63) is 66.4 Å². The number of hydrogen-bond donors (Lipinski definition) is 1.